The molecule has 0 amide bonds. The fraction of sp³-hybridized carbons (Fsp3) is 0.308. The largest absolute Gasteiger partial charge is 0.307 e. The summed E-state index contributed by atoms with van der Waals surface area (Å²) in [6, 6.07) is 8.28. The summed E-state index contributed by atoms with van der Waals surface area (Å²) < 4.78 is 1.84. The molecular weight excluding hydrogens is 218 g/mol. The standard InChI is InChI=1S/C13H15NOS/c1-9-5-4-6-12(7-9)8-14-10(2)11(3)16-13(14)15/h4-7H,8H2,1-3H3. The molecule has 84 valence electrons. The first-order chi connectivity index (χ1) is 7.58. The number of hydrogen-bond acceptors (Lipinski definition) is 2. The summed E-state index contributed by atoms with van der Waals surface area (Å²) in [4.78, 5) is 13.0. The van der Waals surface area contributed by atoms with Crippen molar-refractivity contribution in [1.82, 2.24) is 4.57 Å². The number of hydrogen-bond donors (Lipinski definition) is 0. The Morgan fingerprint density at radius 3 is 2.56 bits per heavy atom. The lowest BCUT2D eigenvalue weighted by Gasteiger charge is -2.05. The van der Waals surface area contributed by atoms with Crippen LogP contribution >= 0.6 is 11.3 Å². The van der Waals surface area contributed by atoms with Gasteiger partial charge in [-0.05, 0) is 26.3 Å². The first-order valence-electron chi connectivity index (χ1n) is 5.30. The quantitative estimate of drug-likeness (QED) is 0.781. The highest BCUT2D eigenvalue weighted by molar-refractivity contribution is 7.09. The summed E-state index contributed by atoms with van der Waals surface area (Å²) in [6.07, 6.45) is 0. The van der Waals surface area contributed by atoms with Gasteiger partial charge in [0.05, 0.1) is 6.54 Å². The predicted octanol–water partition coefficient (Wildman–Crippen LogP) is 2.88. The second-order valence-corrected chi connectivity index (χ2v) is 5.25. The van der Waals surface area contributed by atoms with E-state index in [1.165, 1.54) is 22.5 Å². The van der Waals surface area contributed by atoms with Crippen LogP contribution < -0.4 is 4.87 Å². The minimum Gasteiger partial charge on any atom is -0.299 e. The number of rotatable bonds is 2. The van der Waals surface area contributed by atoms with Gasteiger partial charge in [0, 0.05) is 10.6 Å². The zero-order valence-electron chi connectivity index (χ0n) is 9.78. The topological polar surface area (TPSA) is 22.0 Å². The van der Waals surface area contributed by atoms with E-state index in [9.17, 15) is 4.79 Å². The Morgan fingerprint density at radius 2 is 2.00 bits per heavy atom. The Bertz CT molecular complexity index is 566. The maximum Gasteiger partial charge on any atom is 0.307 e. The van der Waals surface area contributed by atoms with Crippen molar-refractivity contribution >= 4 is 11.3 Å². The van der Waals surface area contributed by atoms with Crippen LogP contribution in [-0.2, 0) is 6.54 Å². The van der Waals surface area contributed by atoms with Gasteiger partial charge in [-0.3, -0.25) is 9.36 Å². The highest BCUT2D eigenvalue weighted by Crippen LogP contribution is 2.12. The minimum atomic E-state index is 0.136. The van der Waals surface area contributed by atoms with Gasteiger partial charge in [-0.1, -0.05) is 41.2 Å². The summed E-state index contributed by atoms with van der Waals surface area (Å²) in [7, 11) is 0. The normalized spacial score (nSPS) is 10.7. The summed E-state index contributed by atoms with van der Waals surface area (Å²) >= 11 is 1.33. The van der Waals surface area contributed by atoms with Gasteiger partial charge < -0.3 is 0 Å². The predicted molar refractivity (Wildman–Crippen MR) is 68.3 cm³/mol. The van der Waals surface area contributed by atoms with Crippen LogP contribution in [-0.4, -0.2) is 4.57 Å². The second-order valence-electron chi connectivity index (χ2n) is 4.08. The van der Waals surface area contributed by atoms with E-state index in [4.69, 9.17) is 0 Å². The molecule has 0 unspecified atom stereocenters. The molecule has 0 aliphatic rings. The highest BCUT2D eigenvalue weighted by atomic mass is 32.1. The SMILES string of the molecule is Cc1cccc(Cn2c(C)c(C)sc2=O)c1. The van der Waals surface area contributed by atoms with Crippen molar-refractivity contribution in [3.63, 3.8) is 0 Å². The van der Waals surface area contributed by atoms with Crippen molar-refractivity contribution in [2.45, 2.75) is 27.3 Å². The van der Waals surface area contributed by atoms with Crippen molar-refractivity contribution in [1.29, 1.82) is 0 Å². The first kappa shape index (κ1) is 11.1. The third-order valence-electron chi connectivity index (χ3n) is 2.80. The molecule has 2 nitrogen and oxygen atoms in total. The van der Waals surface area contributed by atoms with E-state index in [0.29, 0.717) is 6.54 Å². The van der Waals surface area contributed by atoms with E-state index >= 15 is 0 Å². The van der Waals surface area contributed by atoms with Crippen molar-refractivity contribution in [3.8, 4) is 0 Å². The van der Waals surface area contributed by atoms with Gasteiger partial charge in [-0.25, -0.2) is 0 Å². The number of aryl methyl sites for hydroxylation is 2. The summed E-state index contributed by atoms with van der Waals surface area (Å²) in [6.45, 7) is 6.74. The molecule has 0 N–H and O–H groups in total. The molecule has 0 atom stereocenters. The van der Waals surface area contributed by atoms with Gasteiger partial charge in [0.2, 0.25) is 0 Å². The second kappa shape index (κ2) is 4.26. The number of benzene rings is 1. The zero-order chi connectivity index (χ0) is 11.7. The van der Waals surface area contributed by atoms with Gasteiger partial charge >= 0.3 is 4.87 Å². The Balaban J connectivity index is 2.38. The third-order valence-corrected chi connectivity index (χ3v) is 3.79. The van der Waals surface area contributed by atoms with Crippen LogP contribution in [0.15, 0.2) is 29.1 Å². The van der Waals surface area contributed by atoms with E-state index < -0.39 is 0 Å². The van der Waals surface area contributed by atoms with E-state index in [2.05, 4.69) is 25.1 Å². The minimum absolute atomic E-state index is 0.136. The molecule has 0 bridgehead atoms. The van der Waals surface area contributed by atoms with Crippen LogP contribution in [0.4, 0.5) is 0 Å². The number of nitrogens with zero attached hydrogens (tertiary/aromatic N) is 1. The van der Waals surface area contributed by atoms with Crippen LogP contribution in [0.2, 0.25) is 0 Å². The van der Waals surface area contributed by atoms with E-state index in [-0.39, 0.29) is 4.87 Å². The van der Waals surface area contributed by atoms with Crippen LogP contribution in [0, 0.1) is 20.8 Å². The lowest BCUT2D eigenvalue weighted by molar-refractivity contribution is 0.751. The molecular formula is C13H15NOS. The van der Waals surface area contributed by atoms with Crippen molar-refractivity contribution in [2.24, 2.45) is 0 Å². The molecule has 2 aromatic rings. The van der Waals surface area contributed by atoms with Crippen molar-refractivity contribution in [2.75, 3.05) is 0 Å². The van der Waals surface area contributed by atoms with Gasteiger partial charge in [-0.15, -0.1) is 0 Å². The Kier molecular flexibility index (Phi) is 2.97. The maximum absolute atomic E-state index is 11.7. The van der Waals surface area contributed by atoms with Crippen molar-refractivity contribution < 1.29 is 0 Å². The molecule has 1 aromatic heterocycles. The summed E-state index contributed by atoms with van der Waals surface area (Å²) in [5.41, 5.74) is 3.50. The third kappa shape index (κ3) is 2.09. The van der Waals surface area contributed by atoms with Gasteiger partial charge in [0.1, 0.15) is 0 Å². The zero-order valence-corrected chi connectivity index (χ0v) is 10.6. The lowest BCUT2D eigenvalue weighted by atomic mass is 10.1. The lowest BCUT2D eigenvalue weighted by Crippen LogP contribution is -2.15. The van der Waals surface area contributed by atoms with E-state index in [0.717, 1.165) is 10.6 Å². The van der Waals surface area contributed by atoms with Gasteiger partial charge in [-0.2, -0.15) is 0 Å². The molecule has 16 heavy (non-hydrogen) atoms. The molecule has 0 spiro atoms. The monoisotopic (exact) mass is 233 g/mol. The molecule has 0 saturated heterocycles. The average Bonchev–Trinajstić information content (AvgIpc) is 2.45. The van der Waals surface area contributed by atoms with E-state index in [1.807, 2.05) is 24.5 Å². The Labute approximate surface area is 99.2 Å². The summed E-state index contributed by atoms with van der Waals surface area (Å²) in [5.74, 6) is 0. The molecule has 0 aliphatic carbocycles. The molecule has 0 radical (unpaired) electrons. The number of aromatic nitrogens is 1. The average molecular weight is 233 g/mol. The fourth-order valence-corrected chi connectivity index (χ4v) is 2.59. The van der Waals surface area contributed by atoms with Gasteiger partial charge in [0.25, 0.3) is 0 Å². The Hall–Kier alpha value is -1.35. The van der Waals surface area contributed by atoms with Crippen LogP contribution in [0.3, 0.4) is 0 Å². The molecule has 1 heterocycles. The van der Waals surface area contributed by atoms with Crippen LogP contribution in [0.5, 0.6) is 0 Å². The molecule has 1 aromatic carbocycles. The van der Waals surface area contributed by atoms with Crippen molar-refractivity contribution in [3.05, 3.63) is 55.6 Å². The van der Waals surface area contributed by atoms with Crippen LogP contribution in [0.25, 0.3) is 0 Å². The first-order valence-corrected chi connectivity index (χ1v) is 6.12. The summed E-state index contributed by atoms with van der Waals surface area (Å²) in [5, 5.41) is 0. The fourth-order valence-electron chi connectivity index (χ4n) is 1.76. The maximum atomic E-state index is 11.7. The molecule has 0 aliphatic heterocycles. The van der Waals surface area contributed by atoms with E-state index in [1.54, 1.807) is 0 Å². The van der Waals surface area contributed by atoms with Crippen LogP contribution in [0.1, 0.15) is 21.7 Å². The smallest absolute Gasteiger partial charge is 0.299 e. The molecule has 3 heteroatoms. The molecule has 0 saturated carbocycles. The highest BCUT2D eigenvalue weighted by Gasteiger charge is 2.07. The number of thiazole rings is 1. The Morgan fingerprint density at radius 1 is 1.25 bits per heavy atom. The molecule has 2 rings (SSSR count). The molecule has 0 fully saturated rings. The van der Waals surface area contributed by atoms with Gasteiger partial charge in [0.15, 0.2) is 0 Å².